The highest BCUT2D eigenvalue weighted by molar-refractivity contribution is 5.81. The molecule has 0 aliphatic carbocycles. The van der Waals surface area contributed by atoms with Gasteiger partial charge in [0.15, 0.2) is 0 Å². The fourth-order valence-corrected chi connectivity index (χ4v) is 3.06. The number of likely N-dealkylation sites (tertiary alicyclic amines) is 1. The Labute approximate surface area is 135 Å². The number of nitrogens with zero attached hydrogens (tertiary/aromatic N) is 4. The van der Waals surface area contributed by atoms with Gasteiger partial charge in [-0.25, -0.2) is 4.98 Å². The number of amides is 2. The first kappa shape index (κ1) is 15.5. The number of carbonyl (C=O) groups is 2. The highest BCUT2D eigenvalue weighted by Gasteiger charge is 2.28. The van der Waals surface area contributed by atoms with E-state index in [2.05, 4.69) is 4.98 Å². The Bertz CT molecular complexity index is 752. The molecule has 0 saturated carbocycles. The number of carbonyl (C=O) groups excluding carboxylic acids is 2. The van der Waals surface area contributed by atoms with Crippen molar-refractivity contribution in [1.82, 2.24) is 19.4 Å². The van der Waals surface area contributed by atoms with Crippen LogP contribution in [0, 0.1) is 6.92 Å². The van der Waals surface area contributed by atoms with Crippen LogP contribution < -0.4 is 0 Å². The summed E-state index contributed by atoms with van der Waals surface area (Å²) in [5.74, 6) is 0.191. The third-order valence-electron chi connectivity index (χ3n) is 4.63. The zero-order valence-electron chi connectivity index (χ0n) is 13.8. The largest absolute Gasteiger partial charge is 0.344 e. The standard InChI is InChI=1S/C17H22N4O2/c1-12-4-6-14-15(8-12)21(11-18-14)10-17(23)20(3)13-5-7-16(22)19(2)9-13/h4,6,8,11,13H,5,7,9-10H2,1-3H3. The molecule has 6 heteroatoms. The predicted molar refractivity (Wildman–Crippen MR) is 87.9 cm³/mol. The maximum atomic E-state index is 12.6. The minimum absolute atomic E-state index is 0.0403. The van der Waals surface area contributed by atoms with Gasteiger partial charge >= 0.3 is 0 Å². The van der Waals surface area contributed by atoms with Crippen LogP contribution in [0.25, 0.3) is 11.0 Å². The number of aryl methyl sites for hydroxylation is 1. The van der Waals surface area contributed by atoms with Crippen LogP contribution in [0.2, 0.25) is 0 Å². The summed E-state index contributed by atoms with van der Waals surface area (Å²) in [5.41, 5.74) is 3.02. The summed E-state index contributed by atoms with van der Waals surface area (Å²) in [4.78, 5) is 32.0. The minimum atomic E-state index is 0.0403. The third kappa shape index (κ3) is 3.06. The van der Waals surface area contributed by atoms with Gasteiger partial charge < -0.3 is 14.4 Å². The Morgan fingerprint density at radius 2 is 2.22 bits per heavy atom. The molecule has 1 atom stereocenters. The molecule has 23 heavy (non-hydrogen) atoms. The van der Waals surface area contributed by atoms with Crippen LogP contribution in [0.3, 0.4) is 0 Å². The van der Waals surface area contributed by atoms with Crippen molar-refractivity contribution in [3.8, 4) is 0 Å². The Hall–Kier alpha value is -2.37. The van der Waals surface area contributed by atoms with Gasteiger partial charge in [-0.05, 0) is 31.0 Å². The van der Waals surface area contributed by atoms with Crippen molar-refractivity contribution in [1.29, 1.82) is 0 Å². The first-order chi connectivity index (χ1) is 11.0. The summed E-state index contributed by atoms with van der Waals surface area (Å²) in [6.07, 6.45) is 2.95. The molecule has 0 radical (unpaired) electrons. The molecular formula is C17H22N4O2. The molecule has 0 N–H and O–H groups in total. The number of hydrogen-bond acceptors (Lipinski definition) is 3. The van der Waals surface area contributed by atoms with Crippen molar-refractivity contribution < 1.29 is 9.59 Å². The molecule has 6 nitrogen and oxygen atoms in total. The molecule has 2 heterocycles. The minimum Gasteiger partial charge on any atom is -0.344 e. The first-order valence-corrected chi connectivity index (χ1v) is 7.87. The van der Waals surface area contributed by atoms with E-state index in [1.165, 1.54) is 0 Å². The van der Waals surface area contributed by atoms with E-state index < -0.39 is 0 Å². The zero-order chi connectivity index (χ0) is 16.6. The Balaban J connectivity index is 1.73. The number of hydrogen-bond donors (Lipinski definition) is 0. The Kier molecular flexibility index (Phi) is 4.07. The lowest BCUT2D eigenvalue weighted by Crippen LogP contribution is -2.49. The second-order valence-electron chi connectivity index (χ2n) is 6.34. The molecule has 1 aromatic carbocycles. The smallest absolute Gasteiger partial charge is 0.242 e. The molecule has 1 unspecified atom stereocenters. The van der Waals surface area contributed by atoms with Gasteiger partial charge in [-0.15, -0.1) is 0 Å². The van der Waals surface area contributed by atoms with E-state index in [0.717, 1.165) is 23.0 Å². The van der Waals surface area contributed by atoms with Gasteiger partial charge in [-0.3, -0.25) is 9.59 Å². The van der Waals surface area contributed by atoms with Crippen LogP contribution in [0.5, 0.6) is 0 Å². The van der Waals surface area contributed by atoms with Gasteiger partial charge in [0.25, 0.3) is 0 Å². The molecule has 1 fully saturated rings. The molecule has 3 rings (SSSR count). The van der Waals surface area contributed by atoms with Crippen LogP contribution in [0.4, 0.5) is 0 Å². The molecule has 2 amide bonds. The lowest BCUT2D eigenvalue weighted by molar-refractivity contribution is -0.139. The van der Waals surface area contributed by atoms with Gasteiger partial charge in [-0.2, -0.15) is 0 Å². The number of fused-ring (bicyclic) bond motifs is 1. The third-order valence-corrected chi connectivity index (χ3v) is 4.63. The summed E-state index contributed by atoms with van der Waals surface area (Å²) in [6.45, 7) is 2.90. The van der Waals surface area contributed by atoms with E-state index >= 15 is 0 Å². The van der Waals surface area contributed by atoms with Gasteiger partial charge in [-0.1, -0.05) is 6.07 Å². The van der Waals surface area contributed by atoms with Crippen molar-refractivity contribution in [2.45, 2.75) is 32.4 Å². The Morgan fingerprint density at radius 3 is 2.96 bits per heavy atom. The molecule has 1 saturated heterocycles. The Morgan fingerprint density at radius 1 is 1.43 bits per heavy atom. The summed E-state index contributed by atoms with van der Waals surface area (Å²) < 4.78 is 1.89. The maximum absolute atomic E-state index is 12.6. The van der Waals surface area contributed by atoms with E-state index in [1.807, 2.05) is 36.7 Å². The van der Waals surface area contributed by atoms with Gasteiger partial charge in [0.05, 0.1) is 17.4 Å². The van der Waals surface area contributed by atoms with Gasteiger partial charge in [0.1, 0.15) is 6.54 Å². The first-order valence-electron chi connectivity index (χ1n) is 7.87. The average Bonchev–Trinajstić information content (AvgIpc) is 2.91. The summed E-state index contributed by atoms with van der Waals surface area (Å²) in [5, 5.41) is 0. The SMILES string of the molecule is Cc1ccc2ncn(CC(=O)N(C)C3CCC(=O)N(C)C3)c2c1. The van der Waals surface area contributed by atoms with Crippen molar-refractivity contribution in [2.75, 3.05) is 20.6 Å². The van der Waals surface area contributed by atoms with Crippen molar-refractivity contribution in [3.63, 3.8) is 0 Å². The fraction of sp³-hybridized carbons (Fsp3) is 0.471. The monoisotopic (exact) mass is 314 g/mol. The molecule has 1 aliphatic heterocycles. The predicted octanol–water partition coefficient (Wildman–Crippen LogP) is 1.42. The van der Waals surface area contributed by atoms with E-state index in [9.17, 15) is 9.59 Å². The van der Waals surface area contributed by atoms with E-state index in [4.69, 9.17) is 0 Å². The highest BCUT2D eigenvalue weighted by atomic mass is 16.2. The highest BCUT2D eigenvalue weighted by Crippen LogP contribution is 2.17. The van der Waals surface area contributed by atoms with Crippen molar-refractivity contribution >= 4 is 22.8 Å². The van der Waals surface area contributed by atoms with Crippen LogP contribution in [0.15, 0.2) is 24.5 Å². The second kappa shape index (κ2) is 6.02. The fourth-order valence-electron chi connectivity index (χ4n) is 3.06. The molecule has 0 bridgehead atoms. The molecule has 1 aromatic heterocycles. The summed E-state index contributed by atoms with van der Waals surface area (Å²) in [7, 11) is 3.61. The topological polar surface area (TPSA) is 58.4 Å². The summed E-state index contributed by atoms with van der Waals surface area (Å²) in [6, 6.07) is 6.11. The van der Waals surface area contributed by atoms with Gasteiger partial charge in [0.2, 0.25) is 11.8 Å². The number of benzene rings is 1. The number of aromatic nitrogens is 2. The average molecular weight is 314 g/mol. The molecule has 122 valence electrons. The zero-order valence-corrected chi connectivity index (χ0v) is 13.8. The van der Waals surface area contributed by atoms with Crippen molar-refractivity contribution in [3.05, 3.63) is 30.1 Å². The van der Waals surface area contributed by atoms with E-state index in [-0.39, 0.29) is 24.4 Å². The number of imidazole rings is 1. The number of rotatable bonds is 3. The van der Waals surface area contributed by atoms with Crippen molar-refractivity contribution in [2.24, 2.45) is 0 Å². The molecule has 1 aliphatic rings. The van der Waals surface area contributed by atoms with Crippen LogP contribution in [-0.4, -0.2) is 57.8 Å². The molecule has 0 spiro atoms. The normalized spacial score (nSPS) is 18.5. The maximum Gasteiger partial charge on any atom is 0.242 e. The number of piperidine rings is 1. The van der Waals surface area contributed by atoms with Gasteiger partial charge in [0, 0.05) is 33.1 Å². The molecule has 2 aromatic rings. The second-order valence-corrected chi connectivity index (χ2v) is 6.34. The van der Waals surface area contributed by atoms with Crippen LogP contribution >= 0.6 is 0 Å². The van der Waals surface area contributed by atoms with Crippen LogP contribution in [0.1, 0.15) is 18.4 Å². The van der Waals surface area contributed by atoms with E-state index in [1.54, 1.807) is 23.2 Å². The molecular weight excluding hydrogens is 292 g/mol. The van der Waals surface area contributed by atoms with Crippen LogP contribution in [-0.2, 0) is 16.1 Å². The number of likely N-dealkylation sites (N-methyl/N-ethyl adjacent to an activating group) is 2. The quantitative estimate of drug-likeness (QED) is 0.861. The van der Waals surface area contributed by atoms with E-state index in [0.29, 0.717) is 13.0 Å². The summed E-state index contributed by atoms with van der Waals surface area (Å²) >= 11 is 0. The lowest BCUT2D eigenvalue weighted by Gasteiger charge is -2.35. The lowest BCUT2D eigenvalue weighted by atomic mass is 10.0.